The topological polar surface area (TPSA) is 81.3 Å². The number of nitrogens with two attached hydrogens (primary N) is 1. The Labute approximate surface area is 146 Å². The van der Waals surface area contributed by atoms with Crippen LogP contribution in [-0.4, -0.2) is 22.2 Å². The summed E-state index contributed by atoms with van der Waals surface area (Å²) in [4.78, 5) is 7.38. The van der Waals surface area contributed by atoms with Crippen LogP contribution in [0.5, 0.6) is 11.5 Å². The zero-order valence-electron chi connectivity index (χ0n) is 13.6. The van der Waals surface area contributed by atoms with Gasteiger partial charge in [-0.1, -0.05) is 30.3 Å². The molecule has 0 saturated carbocycles. The molecule has 0 aliphatic rings. The van der Waals surface area contributed by atoms with E-state index >= 15 is 0 Å². The van der Waals surface area contributed by atoms with E-state index in [1.165, 1.54) is 37.4 Å². The van der Waals surface area contributed by atoms with Crippen LogP contribution >= 0.6 is 0 Å². The van der Waals surface area contributed by atoms with Crippen LogP contribution in [-0.2, 0) is 6.18 Å². The highest BCUT2D eigenvalue weighted by atomic mass is 19.4. The number of aromatic nitrogens is 2. The number of ether oxygens (including phenoxy) is 1. The lowest BCUT2D eigenvalue weighted by atomic mass is 9.96. The van der Waals surface area contributed by atoms with Crippen molar-refractivity contribution in [3.63, 3.8) is 0 Å². The number of benzene rings is 2. The monoisotopic (exact) mass is 361 g/mol. The summed E-state index contributed by atoms with van der Waals surface area (Å²) in [6.45, 7) is 0. The molecule has 0 fully saturated rings. The van der Waals surface area contributed by atoms with Gasteiger partial charge in [0.15, 0.2) is 5.69 Å². The summed E-state index contributed by atoms with van der Waals surface area (Å²) in [5.41, 5.74) is 4.32. The van der Waals surface area contributed by atoms with E-state index in [-0.39, 0.29) is 28.1 Å². The Morgan fingerprint density at radius 2 is 1.73 bits per heavy atom. The molecule has 0 bridgehead atoms. The second-order valence-electron chi connectivity index (χ2n) is 5.40. The highest BCUT2D eigenvalue weighted by Crippen LogP contribution is 2.43. The summed E-state index contributed by atoms with van der Waals surface area (Å²) in [7, 11) is 1.41. The van der Waals surface area contributed by atoms with Crippen molar-refractivity contribution in [3.8, 4) is 33.9 Å². The van der Waals surface area contributed by atoms with Crippen molar-refractivity contribution in [2.45, 2.75) is 6.18 Å². The standard InChI is InChI=1S/C18H14F3N3O2/c1-26-11-7-8-12(13(25)9-11)15-14(10-5-3-2-4-6-10)16(18(19,20)21)24-17(22)23-15/h2-9,25H,1H3,(H2,22,23,24). The van der Waals surface area contributed by atoms with Crippen LogP contribution in [0.25, 0.3) is 22.4 Å². The number of rotatable bonds is 3. The SMILES string of the molecule is COc1ccc(-c2nc(N)nc(C(F)(F)F)c2-c2ccccc2)c(O)c1. The van der Waals surface area contributed by atoms with Gasteiger partial charge in [-0.25, -0.2) is 9.97 Å². The van der Waals surface area contributed by atoms with E-state index in [2.05, 4.69) is 9.97 Å². The molecule has 0 amide bonds. The van der Waals surface area contributed by atoms with Gasteiger partial charge in [-0.3, -0.25) is 0 Å². The Morgan fingerprint density at radius 3 is 2.31 bits per heavy atom. The van der Waals surface area contributed by atoms with Crippen LogP contribution in [0.4, 0.5) is 19.1 Å². The largest absolute Gasteiger partial charge is 0.507 e. The van der Waals surface area contributed by atoms with E-state index in [0.717, 1.165) is 0 Å². The molecule has 0 saturated heterocycles. The van der Waals surface area contributed by atoms with E-state index < -0.39 is 17.8 Å². The molecule has 0 aliphatic carbocycles. The van der Waals surface area contributed by atoms with E-state index in [0.29, 0.717) is 5.75 Å². The predicted molar refractivity (Wildman–Crippen MR) is 90.5 cm³/mol. The number of nitrogens with zero attached hydrogens (tertiary/aromatic N) is 2. The molecule has 26 heavy (non-hydrogen) atoms. The van der Waals surface area contributed by atoms with Gasteiger partial charge in [0.25, 0.3) is 0 Å². The molecule has 3 N–H and O–H groups in total. The third kappa shape index (κ3) is 3.26. The zero-order valence-corrected chi connectivity index (χ0v) is 13.6. The van der Waals surface area contributed by atoms with Crippen molar-refractivity contribution in [1.29, 1.82) is 0 Å². The molecule has 2 aromatic carbocycles. The lowest BCUT2D eigenvalue weighted by Crippen LogP contribution is -2.14. The lowest BCUT2D eigenvalue weighted by Gasteiger charge is -2.17. The fourth-order valence-electron chi connectivity index (χ4n) is 2.60. The first-order valence-corrected chi connectivity index (χ1v) is 7.48. The van der Waals surface area contributed by atoms with Crippen molar-refractivity contribution in [3.05, 3.63) is 54.2 Å². The minimum absolute atomic E-state index is 0.0873. The Morgan fingerprint density at radius 1 is 1.04 bits per heavy atom. The van der Waals surface area contributed by atoms with Crippen LogP contribution < -0.4 is 10.5 Å². The third-order valence-electron chi connectivity index (χ3n) is 3.72. The van der Waals surface area contributed by atoms with Crippen LogP contribution in [0, 0.1) is 0 Å². The second kappa shape index (κ2) is 6.55. The number of hydrogen-bond donors (Lipinski definition) is 2. The molecule has 0 aliphatic heterocycles. The number of alkyl halides is 3. The van der Waals surface area contributed by atoms with E-state index in [1.807, 2.05) is 0 Å². The maximum absolute atomic E-state index is 13.6. The minimum Gasteiger partial charge on any atom is -0.507 e. The quantitative estimate of drug-likeness (QED) is 0.733. The summed E-state index contributed by atoms with van der Waals surface area (Å²) in [6, 6.07) is 12.1. The summed E-state index contributed by atoms with van der Waals surface area (Å²) in [6.07, 6.45) is -4.75. The number of nitrogen functional groups attached to an aromatic ring is 1. The number of phenols is 1. The van der Waals surface area contributed by atoms with Gasteiger partial charge in [-0.05, 0) is 17.7 Å². The zero-order chi connectivity index (χ0) is 18.9. The average molecular weight is 361 g/mol. The van der Waals surface area contributed by atoms with Gasteiger partial charge in [0.05, 0.1) is 12.8 Å². The molecule has 134 valence electrons. The highest BCUT2D eigenvalue weighted by molar-refractivity contribution is 5.86. The van der Waals surface area contributed by atoms with E-state index in [4.69, 9.17) is 10.5 Å². The van der Waals surface area contributed by atoms with Crippen molar-refractivity contribution < 1.29 is 23.0 Å². The predicted octanol–water partition coefficient (Wildman–Crippen LogP) is 4.13. The molecule has 3 aromatic rings. The first-order chi connectivity index (χ1) is 12.3. The first-order valence-electron chi connectivity index (χ1n) is 7.48. The van der Waals surface area contributed by atoms with Gasteiger partial charge in [0.1, 0.15) is 11.5 Å². The number of methoxy groups -OCH3 is 1. The third-order valence-corrected chi connectivity index (χ3v) is 3.72. The summed E-state index contributed by atoms with van der Waals surface area (Å²) < 4.78 is 45.8. The van der Waals surface area contributed by atoms with Gasteiger partial charge in [0, 0.05) is 17.2 Å². The van der Waals surface area contributed by atoms with E-state index in [9.17, 15) is 18.3 Å². The van der Waals surface area contributed by atoms with Crippen LogP contribution in [0.3, 0.4) is 0 Å². The number of hydrogen-bond acceptors (Lipinski definition) is 5. The summed E-state index contributed by atoms with van der Waals surface area (Å²) >= 11 is 0. The molecule has 0 unspecified atom stereocenters. The number of aromatic hydroxyl groups is 1. The lowest BCUT2D eigenvalue weighted by molar-refractivity contribution is -0.140. The molecular weight excluding hydrogens is 347 g/mol. The van der Waals surface area contributed by atoms with Gasteiger partial charge >= 0.3 is 6.18 Å². The first kappa shape index (κ1) is 17.5. The van der Waals surface area contributed by atoms with Gasteiger partial charge in [-0.15, -0.1) is 0 Å². The smallest absolute Gasteiger partial charge is 0.434 e. The van der Waals surface area contributed by atoms with Crippen molar-refractivity contribution in [2.24, 2.45) is 0 Å². The Bertz CT molecular complexity index is 944. The number of anilines is 1. The Hall–Kier alpha value is -3.29. The summed E-state index contributed by atoms with van der Waals surface area (Å²) in [5, 5.41) is 10.3. The minimum atomic E-state index is -4.75. The maximum Gasteiger partial charge on any atom is 0.434 e. The van der Waals surface area contributed by atoms with Gasteiger partial charge in [0.2, 0.25) is 5.95 Å². The van der Waals surface area contributed by atoms with Crippen LogP contribution in [0.2, 0.25) is 0 Å². The Kier molecular flexibility index (Phi) is 4.41. The fourth-order valence-corrected chi connectivity index (χ4v) is 2.60. The van der Waals surface area contributed by atoms with Gasteiger partial charge < -0.3 is 15.6 Å². The normalized spacial score (nSPS) is 11.4. The molecule has 3 rings (SSSR count). The second-order valence-corrected chi connectivity index (χ2v) is 5.40. The van der Waals surface area contributed by atoms with Crippen molar-refractivity contribution in [1.82, 2.24) is 9.97 Å². The molecule has 8 heteroatoms. The molecule has 1 heterocycles. The molecule has 5 nitrogen and oxygen atoms in total. The van der Waals surface area contributed by atoms with Crippen molar-refractivity contribution >= 4 is 5.95 Å². The fraction of sp³-hybridized carbons (Fsp3) is 0.111. The molecular formula is C18H14F3N3O2. The van der Waals surface area contributed by atoms with Crippen LogP contribution in [0.1, 0.15) is 5.69 Å². The van der Waals surface area contributed by atoms with E-state index in [1.54, 1.807) is 18.2 Å². The van der Waals surface area contributed by atoms with Crippen molar-refractivity contribution in [2.75, 3.05) is 12.8 Å². The molecule has 0 radical (unpaired) electrons. The Balaban J connectivity index is 2.37. The molecule has 0 atom stereocenters. The van der Waals surface area contributed by atoms with Crippen LogP contribution in [0.15, 0.2) is 48.5 Å². The molecule has 0 spiro atoms. The maximum atomic E-state index is 13.6. The van der Waals surface area contributed by atoms with Gasteiger partial charge in [-0.2, -0.15) is 13.2 Å². The average Bonchev–Trinajstić information content (AvgIpc) is 2.61. The highest BCUT2D eigenvalue weighted by Gasteiger charge is 2.38. The number of phenolic OH excluding ortho intramolecular Hbond substituents is 1. The number of halogens is 3. The summed E-state index contributed by atoms with van der Waals surface area (Å²) in [5.74, 6) is -0.472. The molecule has 1 aromatic heterocycles.